The number of fused-ring (bicyclic) bond motifs is 7. The molecule has 0 spiro atoms. The molecule has 0 fully saturated rings. The van der Waals surface area contributed by atoms with E-state index in [2.05, 4.69) is 4.99 Å². The third-order valence-corrected chi connectivity index (χ3v) is 6.79. The van der Waals surface area contributed by atoms with Gasteiger partial charge in [-0.2, -0.15) is 26.3 Å². The average Bonchev–Trinajstić information content (AvgIpc) is 3.06. The second-order valence-electron chi connectivity index (χ2n) is 9.07. The van der Waals surface area contributed by atoms with E-state index in [9.17, 15) is 26.3 Å². The number of hydrogen-bond acceptors (Lipinski definition) is 0. The first-order chi connectivity index (χ1) is 17.6. The predicted molar refractivity (Wildman–Crippen MR) is 132 cm³/mol. The van der Waals surface area contributed by atoms with Gasteiger partial charge in [0.2, 0.25) is 0 Å². The molecule has 5 aromatic carbocycles. The maximum absolute atomic E-state index is 13.6. The van der Waals surface area contributed by atoms with Gasteiger partial charge in [-0.15, -0.1) is 0 Å². The lowest BCUT2D eigenvalue weighted by Gasteiger charge is -2.19. The van der Waals surface area contributed by atoms with Crippen LogP contribution < -0.4 is 22.0 Å². The Labute approximate surface area is 224 Å². The first-order valence-corrected chi connectivity index (χ1v) is 11.5. The predicted octanol–water partition coefficient (Wildman–Crippen LogP) is 4.38. The van der Waals surface area contributed by atoms with E-state index in [1.54, 1.807) is 18.2 Å². The molecule has 0 amide bonds. The molecule has 0 unspecified atom stereocenters. The van der Waals surface area contributed by atoms with Crippen LogP contribution in [0.4, 0.5) is 26.3 Å². The molecule has 1 N–H and O–H groups in total. The molecule has 0 aliphatic carbocycles. The molecule has 0 bridgehead atoms. The smallest absolute Gasteiger partial charge is 0.416 e. The van der Waals surface area contributed by atoms with Gasteiger partial charge in [-0.3, -0.25) is 0 Å². The molecule has 1 aliphatic rings. The summed E-state index contributed by atoms with van der Waals surface area (Å²) in [7, 11) is 0. The van der Waals surface area contributed by atoms with E-state index in [0.717, 1.165) is 50.5 Å². The molecule has 1 nitrogen and oxygen atoms in total. The second kappa shape index (κ2) is 9.27. The number of hydrogen-bond donors (Lipinski definition) is 1. The third-order valence-electron chi connectivity index (χ3n) is 6.79. The number of halogens is 7. The van der Waals surface area contributed by atoms with Crippen molar-refractivity contribution in [3.05, 3.63) is 107 Å². The highest BCUT2D eigenvalue weighted by Crippen LogP contribution is 2.44. The second-order valence-corrected chi connectivity index (χ2v) is 9.07. The van der Waals surface area contributed by atoms with E-state index in [1.165, 1.54) is 0 Å². The minimum Gasteiger partial charge on any atom is -1.00 e. The van der Waals surface area contributed by atoms with Gasteiger partial charge in [0.1, 0.15) is 0 Å². The van der Waals surface area contributed by atoms with Gasteiger partial charge < -0.3 is 17.0 Å². The number of benzene rings is 5. The van der Waals surface area contributed by atoms with Gasteiger partial charge in [-0.05, 0) is 63.0 Å². The Morgan fingerprint density at radius 3 is 1.87 bits per heavy atom. The van der Waals surface area contributed by atoms with Crippen molar-refractivity contribution in [2.75, 3.05) is 0 Å². The molecule has 1 aliphatic heterocycles. The standard InChI is InChI=1S/C30H17F6N.BrH/c31-29(32,33)21-11-19(12-22(14-21)30(34,35)36)26-13-20-16-37-15-18-10-9-17-5-1-2-6-23(17)27(18)28(20)25-8-4-3-7-24(25)26;/h1-15H,16H2;1H. The van der Waals surface area contributed by atoms with Crippen LogP contribution >= 0.6 is 0 Å². The molecule has 0 atom stereocenters. The Morgan fingerprint density at radius 2 is 1.21 bits per heavy atom. The molecular formula is C30H18BrF6N. The molecule has 0 saturated heterocycles. The summed E-state index contributed by atoms with van der Waals surface area (Å²) in [6.07, 6.45) is -7.96. The quantitative estimate of drug-likeness (QED) is 0.281. The Morgan fingerprint density at radius 1 is 0.605 bits per heavy atom. The van der Waals surface area contributed by atoms with Crippen molar-refractivity contribution in [3.8, 4) is 22.3 Å². The van der Waals surface area contributed by atoms with Crippen LogP contribution in [-0.2, 0) is 18.9 Å². The molecule has 0 saturated carbocycles. The zero-order valence-electron chi connectivity index (χ0n) is 19.5. The first-order valence-electron chi connectivity index (χ1n) is 11.5. The fourth-order valence-electron chi connectivity index (χ4n) is 5.18. The molecule has 6 rings (SSSR count). The van der Waals surface area contributed by atoms with Gasteiger partial charge in [-0.25, -0.2) is 4.99 Å². The zero-order chi connectivity index (χ0) is 25.9. The summed E-state index contributed by atoms with van der Waals surface area (Å²) in [4.78, 5) is 3.25. The van der Waals surface area contributed by atoms with Crippen molar-refractivity contribution in [1.29, 1.82) is 0 Å². The fraction of sp³-hybridized carbons (Fsp3) is 0.100. The van der Waals surface area contributed by atoms with Crippen molar-refractivity contribution in [3.63, 3.8) is 0 Å². The highest BCUT2D eigenvalue weighted by Gasteiger charge is 2.37. The van der Waals surface area contributed by atoms with E-state index < -0.39 is 23.5 Å². The monoisotopic (exact) mass is 585 g/mol. The topological polar surface area (TPSA) is 14.0 Å². The number of nitrogens with one attached hydrogen (secondary N) is 1. The molecular weight excluding hydrogens is 568 g/mol. The third kappa shape index (κ3) is 4.36. The highest BCUT2D eigenvalue weighted by molar-refractivity contribution is 6.14. The summed E-state index contributed by atoms with van der Waals surface area (Å²) in [6.45, 7) is 0.362. The van der Waals surface area contributed by atoms with Gasteiger partial charge in [-0.1, -0.05) is 54.6 Å². The Hall–Kier alpha value is -3.65. The van der Waals surface area contributed by atoms with Crippen molar-refractivity contribution < 1.29 is 48.3 Å². The summed E-state index contributed by atoms with van der Waals surface area (Å²) in [5.74, 6) is 0. The van der Waals surface area contributed by atoms with E-state index >= 15 is 0 Å². The highest BCUT2D eigenvalue weighted by atomic mass is 79.9. The SMILES string of the molecule is FC(F)(F)c1cc(-c2cc3c(c4ccccc24)-c2c(ccc4ccccc24)C=[NH+]C3)cc(C(F)(F)F)c1.[Br-]. The molecule has 38 heavy (non-hydrogen) atoms. The first kappa shape index (κ1) is 26.0. The van der Waals surface area contributed by atoms with Crippen molar-refractivity contribution in [2.45, 2.75) is 18.9 Å². The van der Waals surface area contributed by atoms with Crippen molar-refractivity contribution >= 4 is 27.8 Å². The lowest BCUT2D eigenvalue weighted by Crippen LogP contribution is -3.00. The lowest BCUT2D eigenvalue weighted by atomic mass is 9.84. The fourth-order valence-corrected chi connectivity index (χ4v) is 5.18. The van der Waals surface area contributed by atoms with Crippen molar-refractivity contribution in [1.82, 2.24) is 0 Å². The van der Waals surface area contributed by atoms with Crippen LogP contribution in [0.2, 0.25) is 0 Å². The minimum atomic E-state index is -4.92. The van der Waals surface area contributed by atoms with Crippen LogP contribution in [0, 0.1) is 0 Å². The summed E-state index contributed by atoms with van der Waals surface area (Å²) in [6, 6.07) is 22.6. The number of rotatable bonds is 1. The minimum absolute atomic E-state index is 0. The van der Waals surface area contributed by atoms with E-state index in [0.29, 0.717) is 17.5 Å². The summed E-state index contributed by atoms with van der Waals surface area (Å²) in [5.41, 5.74) is 1.14. The number of alkyl halides is 6. The van der Waals surface area contributed by atoms with Crippen LogP contribution in [0.1, 0.15) is 22.3 Å². The summed E-state index contributed by atoms with van der Waals surface area (Å²) >= 11 is 0. The molecule has 0 aromatic heterocycles. The van der Waals surface area contributed by atoms with Crippen LogP contribution in [-0.4, -0.2) is 6.21 Å². The van der Waals surface area contributed by atoms with Gasteiger partial charge in [0.15, 0.2) is 12.8 Å². The van der Waals surface area contributed by atoms with E-state index in [4.69, 9.17) is 0 Å². The lowest BCUT2D eigenvalue weighted by molar-refractivity contribution is -0.469. The van der Waals surface area contributed by atoms with Gasteiger partial charge in [0.05, 0.1) is 11.1 Å². The average molecular weight is 586 g/mol. The summed E-state index contributed by atoms with van der Waals surface area (Å²) < 4.78 is 81.7. The van der Waals surface area contributed by atoms with Gasteiger partial charge in [0, 0.05) is 22.3 Å². The normalized spacial score (nSPS) is 13.1. The van der Waals surface area contributed by atoms with E-state index in [1.807, 2.05) is 54.7 Å². The Bertz CT molecular complexity index is 1700. The van der Waals surface area contributed by atoms with Crippen LogP contribution in [0.3, 0.4) is 0 Å². The van der Waals surface area contributed by atoms with Crippen LogP contribution in [0.15, 0.2) is 84.9 Å². The molecule has 1 heterocycles. The molecule has 192 valence electrons. The Kier molecular flexibility index (Phi) is 6.34. The van der Waals surface area contributed by atoms with Crippen molar-refractivity contribution in [2.24, 2.45) is 0 Å². The molecule has 5 aromatic rings. The maximum atomic E-state index is 13.6. The Balaban J connectivity index is 0.00000294. The zero-order valence-corrected chi connectivity index (χ0v) is 21.1. The van der Waals surface area contributed by atoms with E-state index in [-0.39, 0.29) is 28.6 Å². The summed E-state index contributed by atoms with van der Waals surface area (Å²) in [5, 5.41) is 3.38. The van der Waals surface area contributed by atoms with Gasteiger partial charge >= 0.3 is 12.4 Å². The maximum Gasteiger partial charge on any atom is 0.416 e. The van der Waals surface area contributed by atoms with Crippen LogP contribution in [0.25, 0.3) is 43.8 Å². The molecule has 8 heteroatoms. The van der Waals surface area contributed by atoms with Crippen LogP contribution in [0.5, 0.6) is 0 Å². The van der Waals surface area contributed by atoms with Gasteiger partial charge in [0.25, 0.3) is 0 Å². The largest absolute Gasteiger partial charge is 1.00 e. The molecule has 0 radical (unpaired) electrons.